The molecule has 0 heterocycles. The van der Waals surface area contributed by atoms with Crippen LogP contribution in [0.5, 0.6) is 0 Å². The highest BCUT2D eigenvalue weighted by molar-refractivity contribution is 6.30. The molecule has 0 aliphatic heterocycles. The fraction of sp³-hybridized carbons (Fsp3) is 0.316. The fourth-order valence-electron chi connectivity index (χ4n) is 2.89. The molecule has 0 aromatic heterocycles. The first-order chi connectivity index (χ1) is 10.8. The first-order valence-corrected chi connectivity index (χ1v) is 8.16. The monoisotopic (exact) mass is 331 g/mol. The summed E-state index contributed by atoms with van der Waals surface area (Å²) < 4.78 is 0. The van der Waals surface area contributed by atoms with Gasteiger partial charge in [0.1, 0.15) is 6.54 Å². The Morgan fingerprint density at radius 1 is 1.13 bits per heavy atom. The van der Waals surface area contributed by atoms with E-state index >= 15 is 0 Å². The molecule has 0 aliphatic rings. The summed E-state index contributed by atoms with van der Waals surface area (Å²) in [4.78, 5) is 13.4. The molecule has 0 bridgehead atoms. The number of likely N-dealkylation sites (N-methyl/N-ethyl adjacent to an activating group) is 1. The van der Waals surface area contributed by atoms with Crippen molar-refractivity contribution in [3.05, 3.63) is 63.7 Å². The number of carbonyl (C=O) groups excluding carboxylic acids is 1. The summed E-state index contributed by atoms with van der Waals surface area (Å²) in [5.41, 5.74) is 5.47. The van der Waals surface area contributed by atoms with Crippen LogP contribution in [0.2, 0.25) is 5.02 Å². The molecule has 2 N–H and O–H groups in total. The van der Waals surface area contributed by atoms with Crippen molar-refractivity contribution in [3.8, 4) is 0 Å². The Morgan fingerprint density at radius 3 is 2.39 bits per heavy atom. The Bertz CT molecular complexity index is 689. The van der Waals surface area contributed by atoms with Crippen molar-refractivity contribution >= 4 is 23.2 Å². The normalized spacial score (nSPS) is 12.0. The molecule has 1 atom stereocenters. The first-order valence-electron chi connectivity index (χ1n) is 7.78. The quantitative estimate of drug-likeness (QED) is 0.867. The number of carbonyl (C=O) groups is 1. The van der Waals surface area contributed by atoms with Gasteiger partial charge in [0.05, 0.1) is 7.05 Å². The maximum atomic E-state index is 12.3. The van der Waals surface area contributed by atoms with Crippen molar-refractivity contribution in [3.63, 3.8) is 0 Å². The van der Waals surface area contributed by atoms with E-state index in [1.54, 1.807) is 0 Å². The van der Waals surface area contributed by atoms with E-state index in [4.69, 9.17) is 11.6 Å². The summed E-state index contributed by atoms with van der Waals surface area (Å²) in [7, 11) is 2.01. The van der Waals surface area contributed by atoms with Crippen molar-refractivity contribution in [1.82, 2.24) is 0 Å². The van der Waals surface area contributed by atoms with Gasteiger partial charge in [0.25, 0.3) is 5.91 Å². The summed E-state index contributed by atoms with van der Waals surface area (Å²) in [5, 5.41) is 3.78. The first kappa shape index (κ1) is 17.5. The molecule has 2 rings (SSSR count). The Morgan fingerprint density at radius 2 is 1.78 bits per heavy atom. The highest BCUT2D eigenvalue weighted by Crippen LogP contribution is 2.21. The van der Waals surface area contributed by atoms with E-state index in [2.05, 4.69) is 24.4 Å². The molecular formula is C19H24ClN2O+. The largest absolute Gasteiger partial charge is 0.326 e. The molecule has 0 aliphatic carbocycles. The maximum absolute atomic E-state index is 12.3. The zero-order valence-electron chi connectivity index (χ0n) is 14.2. The molecule has 0 saturated heterocycles. The van der Waals surface area contributed by atoms with Gasteiger partial charge in [-0.15, -0.1) is 0 Å². The van der Waals surface area contributed by atoms with Gasteiger partial charge in [0.2, 0.25) is 0 Å². The number of quaternary nitrogens is 1. The van der Waals surface area contributed by atoms with Gasteiger partial charge in [-0.25, -0.2) is 0 Å². The third kappa shape index (κ3) is 5.08. The molecule has 0 radical (unpaired) electrons. The molecule has 23 heavy (non-hydrogen) atoms. The number of aryl methyl sites for hydroxylation is 3. The van der Waals surface area contributed by atoms with Gasteiger partial charge < -0.3 is 10.2 Å². The topological polar surface area (TPSA) is 33.5 Å². The lowest BCUT2D eigenvalue weighted by molar-refractivity contribution is -0.885. The number of benzene rings is 2. The lowest BCUT2D eigenvalue weighted by Crippen LogP contribution is -3.08. The van der Waals surface area contributed by atoms with Crippen molar-refractivity contribution in [2.75, 3.05) is 18.9 Å². The minimum Gasteiger partial charge on any atom is -0.326 e. The highest BCUT2D eigenvalue weighted by atomic mass is 35.5. The molecule has 122 valence electrons. The number of hydrogen-bond acceptors (Lipinski definition) is 1. The average Bonchev–Trinajstić information content (AvgIpc) is 2.42. The van der Waals surface area contributed by atoms with E-state index in [0.29, 0.717) is 6.54 Å². The highest BCUT2D eigenvalue weighted by Gasteiger charge is 2.13. The number of rotatable bonds is 5. The lowest BCUT2D eigenvalue weighted by atomic mass is 10.1. The van der Waals surface area contributed by atoms with Crippen LogP contribution >= 0.6 is 11.6 Å². The van der Waals surface area contributed by atoms with Crippen LogP contribution in [0.4, 0.5) is 5.69 Å². The molecule has 2 aromatic rings. The molecule has 0 spiro atoms. The number of nitrogens with one attached hydrogen (secondary N) is 2. The van der Waals surface area contributed by atoms with Crippen LogP contribution in [0, 0.1) is 20.8 Å². The van der Waals surface area contributed by atoms with Crippen LogP contribution < -0.4 is 10.2 Å². The number of anilines is 1. The van der Waals surface area contributed by atoms with Crippen LogP contribution in [0.25, 0.3) is 0 Å². The van der Waals surface area contributed by atoms with Crippen molar-refractivity contribution in [2.45, 2.75) is 27.3 Å². The minimum absolute atomic E-state index is 0.0274. The summed E-state index contributed by atoms with van der Waals surface area (Å²) in [6, 6.07) is 11.9. The van der Waals surface area contributed by atoms with Crippen LogP contribution in [0.1, 0.15) is 22.3 Å². The van der Waals surface area contributed by atoms with Gasteiger partial charge in [0.15, 0.2) is 6.54 Å². The Labute approximate surface area is 143 Å². The molecule has 0 saturated carbocycles. The van der Waals surface area contributed by atoms with Gasteiger partial charge in [-0.2, -0.15) is 0 Å². The lowest BCUT2D eigenvalue weighted by Gasteiger charge is -2.16. The second-order valence-electron chi connectivity index (χ2n) is 6.26. The molecule has 0 fully saturated rings. The van der Waals surface area contributed by atoms with Gasteiger partial charge in [-0.3, -0.25) is 4.79 Å². The fourth-order valence-corrected chi connectivity index (χ4v) is 3.11. The second kappa shape index (κ2) is 7.62. The Hall–Kier alpha value is -1.84. The van der Waals surface area contributed by atoms with E-state index < -0.39 is 0 Å². The van der Waals surface area contributed by atoms with Crippen LogP contribution in [0.3, 0.4) is 0 Å². The van der Waals surface area contributed by atoms with E-state index in [-0.39, 0.29) is 5.91 Å². The van der Waals surface area contributed by atoms with Crippen LogP contribution in [0.15, 0.2) is 36.4 Å². The third-order valence-electron chi connectivity index (χ3n) is 3.80. The SMILES string of the molecule is Cc1cc(C)c(NC(=O)C[NH+](C)Cc2cccc(Cl)c2)c(C)c1. The van der Waals surface area contributed by atoms with Gasteiger partial charge in [-0.1, -0.05) is 41.4 Å². The molecular weight excluding hydrogens is 308 g/mol. The average molecular weight is 332 g/mol. The maximum Gasteiger partial charge on any atom is 0.279 e. The minimum atomic E-state index is 0.0274. The zero-order valence-corrected chi connectivity index (χ0v) is 14.9. The summed E-state index contributed by atoms with van der Waals surface area (Å²) in [6.07, 6.45) is 0. The summed E-state index contributed by atoms with van der Waals surface area (Å²) in [5.74, 6) is 0.0274. The van der Waals surface area contributed by atoms with Gasteiger partial charge in [-0.05, 0) is 44.0 Å². The Kier molecular flexibility index (Phi) is 5.80. The third-order valence-corrected chi connectivity index (χ3v) is 4.03. The van der Waals surface area contributed by atoms with E-state index in [0.717, 1.165) is 38.8 Å². The predicted molar refractivity (Wildman–Crippen MR) is 96.2 cm³/mol. The molecule has 2 aromatic carbocycles. The van der Waals surface area contributed by atoms with Crippen molar-refractivity contribution in [1.29, 1.82) is 0 Å². The van der Waals surface area contributed by atoms with Crippen molar-refractivity contribution in [2.24, 2.45) is 0 Å². The molecule has 1 amide bonds. The van der Waals surface area contributed by atoms with Crippen molar-refractivity contribution < 1.29 is 9.69 Å². The molecule has 1 unspecified atom stereocenters. The smallest absolute Gasteiger partial charge is 0.279 e. The standard InChI is InChI=1S/C19H23ClN2O/c1-13-8-14(2)19(15(3)9-13)21-18(23)12-22(4)11-16-6-5-7-17(20)10-16/h5-10H,11-12H2,1-4H3,(H,21,23)/p+1. The van der Waals surface area contributed by atoms with Crippen LogP contribution in [-0.4, -0.2) is 19.5 Å². The summed E-state index contributed by atoms with van der Waals surface area (Å²) >= 11 is 6.00. The zero-order chi connectivity index (χ0) is 17.0. The van der Waals surface area contributed by atoms with E-state index in [9.17, 15) is 4.79 Å². The number of hydrogen-bond donors (Lipinski definition) is 2. The summed E-state index contributed by atoms with van der Waals surface area (Å²) in [6.45, 7) is 7.30. The second-order valence-corrected chi connectivity index (χ2v) is 6.70. The molecule has 3 nitrogen and oxygen atoms in total. The van der Waals surface area contributed by atoms with E-state index in [1.165, 1.54) is 5.56 Å². The van der Waals surface area contributed by atoms with E-state index in [1.807, 2.05) is 45.2 Å². The number of halogens is 1. The Balaban J connectivity index is 1.97. The van der Waals surface area contributed by atoms with Gasteiger partial charge in [0, 0.05) is 16.3 Å². The predicted octanol–water partition coefficient (Wildman–Crippen LogP) is 2.92. The molecule has 4 heteroatoms. The van der Waals surface area contributed by atoms with Gasteiger partial charge >= 0.3 is 0 Å². The number of amides is 1. The van der Waals surface area contributed by atoms with Crippen LogP contribution in [-0.2, 0) is 11.3 Å².